The van der Waals surface area contributed by atoms with Crippen LogP contribution in [0.25, 0.3) is 0 Å². The van der Waals surface area contributed by atoms with Crippen molar-refractivity contribution in [2.45, 2.75) is 5.92 Å². The highest BCUT2D eigenvalue weighted by Gasteiger charge is 2.38. The Morgan fingerprint density at radius 3 is 2.89 bits per heavy atom. The summed E-state index contributed by atoms with van der Waals surface area (Å²) in [5.74, 6) is 0.0679. The number of nitrogens with zero attached hydrogens (tertiary/aromatic N) is 1. The van der Waals surface area contributed by atoms with Crippen LogP contribution >= 0.6 is 11.3 Å². The van der Waals surface area contributed by atoms with E-state index in [1.54, 1.807) is 11.3 Å². The summed E-state index contributed by atoms with van der Waals surface area (Å²) in [4.78, 5) is 0. The van der Waals surface area contributed by atoms with Crippen LogP contribution in [0.2, 0.25) is 0 Å². The van der Waals surface area contributed by atoms with Crippen LogP contribution in [0.5, 0.6) is 0 Å². The first-order valence-electron chi connectivity index (χ1n) is 6.18. The lowest BCUT2D eigenvalue weighted by atomic mass is 9.92. The van der Waals surface area contributed by atoms with Crippen LogP contribution in [0.3, 0.4) is 0 Å². The predicted octanol–water partition coefficient (Wildman–Crippen LogP) is 0.732. The Morgan fingerprint density at radius 1 is 1.53 bits per heavy atom. The summed E-state index contributed by atoms with van der Waals surface area (Å²) in [6.07, 6.45) is 0. The van der Waals surface area contributed by atoms with Gasteiger partial charge in [-0.15, -0.1) is 0 Å². The minimum Gasteiger partial charge on any atom is -0.396 e. The molecule has 0 aromatic carbocycles. The number of aliphatic hydroxyl groups excluding tert-OH is 1. The molecule has 5 nitrogen and oxygen atoms in total. The van der Waals surface area contributed by atoms with Crippen molar-refractivity contribution in [3.8, 4) is 0 Å². The van der Waals surface area contributed by atoms with Crippen LogP contribution in [0, 0.1) is 5.92 Å². The Kier molecular flexibility index (Phi) is 4.97. The van der Waals surface area contributed by atoms with Gasteiger partial charge in [0.25, 0.3) is 0 Å². The number of hydrogen-bond donors (Lipinski definition) is 1. The van der Waals surface area contributed by atoms with Gasteiger partial charge in [-0.2, -0.15) is 11.3 Å². The fraction of sp³-hybridized carbons (Fsp3) is 0.667. The molecule has 1 aliphatic heterocycles. The van der Waals surface area contributed by atoms with E-state index >= 15 is 0 Å². The van der Waals surface area contributed by atoms with Gasteiger partial charge in [0, 0.05) is 38.6 Å². The SMILES string of the molecule is COCCS(=O)(=O)N1C[C@H](CO)[C@H](c2ccsc2)C1. The van der Waals surface area contributed by atoms with Gasteiger partial charge in [-0.05, 0) is 22.4 Å². The summed E-state index contributed by atoms with van der Waals surface area (Å²) in [5.41, 5.74) is 1.12. The molecule has 1 saturated heterocycles. The highest BCUT2D eigenvalue weighted by molar-refractivity contribution is 7.89. The largest absolute Gasteiger partial charge is 0.396 e. The van der Waals surface area contributed by atoms with Crippen LogP contribution < -0.4 is 0 Å². The summed E-state index contributed by atoms with van der Waals surface area (Å²) in [6.45, 7) is 1.06. The molecule has 1 aliphatic rings. The number of rotatable bonds is 6. The highest BCUT2D eigenvalue weighted by atomic mass is 32.2. The molecule has 0 spiro atoms. The molecule has 19 heavy (non-hydrogen) atoms. The molecule has 0 radical (unpaired) electrons. The van der Waals surface area contributed by atoms with E-state index in [1.165, 1.54) is 11.4 Å². The Bertz CT molecular complexity index is 486. The summed E-state index contributed by atoms with van der Waals surface area (Å²) >= 11 is 1.59. The number of thiophene rings is 1. The fourth-order valence-corrected chi connectivity index (χ4v) is 4.59. The highest BCUT2D eigenvalue weighted by Crippen LogP contribution is 2.34. The van der Waals surface area contributed by atoms with Gasteiger partial charge in [0.15, 0.2) is 0 Å². The van der Waals surface area contributed by atoms with Gasteiger partial charge in [0.1, 0.15) is 0 Å². The molecule has 2 atom stereocenters. The van der Waals surface area contributed by atoms with Crippen molar-refractivity contribution in [3.05, 3.63) is 22.4 Å². The van der Waals surface area contributed by atoms with E-state index < -0.39 is 10.0 Å². The lowest BCUT2D eigenvalue weighted by molar-refractivity contribution is 0.214. The van der Waals surface area contributed by atoms with Crippen LogP contribution in [-0.4, -0.2) is 57.0 Å². The zero-order valence-electron chi connectivity index (χ0n) is 10.9. The van der Waals surface area contributed by atoms with E-state index in [-0.39, 0.29) is 30.8 Å². The first-order chi connectivity index (χ1) is 9.08. The van der Waals surface area contributed by atoms with Gasteiger partial charge >= 0.3 is 0 Å². The Hall–Kier alpha value is -0.470. The van der Waals surface area contributed by atoms with Crippen LogP contribution in [0.4, 0.5) is 0 Å². The molecule has 7 heteroatoms. The molecular formula is C12H19NO4S2. The smallest absolute Gasteiger partial charge is 0.216 e. The molecule has 1 N–H and O–H groups in total. The number of aliphatic hydroxyl groups is 1. The lowest BCUT2D eigenvalue weighted by Crippen LogP contribution is -2.32. The predicted molar refractivity (Wildman–Crippen MR) is 74.9 cm³/mol. The van der Waals surface area contributed by atoms with Gasteiger partial charge in [-0.1, -0.05) is 0 Å². The molecule has 0 aliphatic carbocycles. The molecule has 1 aromatic heterocycles. The van der Waals surface area contributed by atoms with Crippen molar-refractivity contribution in [3.63, 3.8) is 0 Å². The Morgan fingerprint density at radius 2 is 2.32 bits per heavy atom. The molecule has 0 bridgehead atoms. The first kappa shape index (κ1) is 14.9. The third kappa shape index (κ3) is 3.35. The fourth-order valence-electron chi connectivity index (χ4n) is 2.43. The maximum atomic E-state index is 12.1. The van der Waals surface area contributed by atoms with Crippen molar-refractivity contribution < 1.29 is 18.3 Å². The molecule has 1 fully saturated rings. The van der Waals surface area contributed by atoms with E-state index in [9.17, 15) is 13.5 Å². The molecule has 0 amide bonds. The molecule has 0 unspecified atom stereocenters. The van der Waals surface area contributed by atoms with Crippen molar-refractivity contribution in [2.75, 3.05) is 39.2 Å². The molecule has 2 heterocycles. The van der Waals surface area contributed by atoms with Gasteiger partial charge in [-0.25, -0.2) is 12.7 Å². The van der Waals surface area contributed by atoms with Crippen molar-refractivity contribution in [1.29, 1.82) is 0 Å². The third-order valence-corrected chi connectivity index (χ3v) is 6.02. The van der Waals surface area contributed by atoms with Crippen molar-refractivity contribution in [1.82, 2.24) is 4.31 Å². The normalized spacial score (nSPS) is 24.9. The number of methoxy groups -OCH3 is 1. The second-order valence-corrected chi connectivity index (χ2v) is 7.60. The van der Waals surface area contributed by atoms with Crippen molar-refractivity contribution in [2.24, 2.45) is 5.92 Å². The average Bonchev–Trinajstić information content (AvgIpc) is 3.04. The third-order valence-electron chi connectivity index (χ3n) is 3.55. The lowest BCUT2D eigenvalue weighted by Gasteiger charge is -2.15. The number of ether oxygens (including phenoxy) is 1. The van der Waals surface area contributed by atoms with Crippen LogP contribution in [0.15, 0.2) is 16.8 Å². The average molecular weight is 305 g/mol. The van der Waals surface area contributed by atoms with E-state index in [0.717, 1.165) is 5.56 Å². The molecule has 0 saturated carbocycles. The van der Waals surface area contributed by atoms with E-state index in [0.29, 0.717) is 13.1 Å². The maximum absolute atomic E-state index is 12.1. The first-order valence-corrected chi connectivity index (χ1v) is 8.73. The van der Waals surface area contributed by atoms with E-state index in [1.807, 2.05) is 16.8 Å². The number of sulfonamides is 1. The molecule has 2 rings (SSSR count). The minimum atomic E-state index is -3.29. The van der Waals surface area contributed by atoms with Gasteiger partial charge in [0.05, 0.1) is 12.4 Å². The van der Waals surface area contributed by atoms with Gasteiger partial charge in [-0.3, -0.25) is 0 Å². The van der Waals surface area contributed by atoms with E-state index in [4.69, 9.17) is 4.74 Å². The topological polar surface area (TPSA) is 66.8 Å². The second kappa shape index (κ2) is 6.32. The van der Waals surface area contributed by atoms with E-state index in [2.05, 4.69) is 0 Å². The molecular weight excluding hydrogens is 286 g/mol. The second-order valence-electron chi connectivity index (χ2n) is 4.73. The standard InChI is InChI=1S/C12H19NO4S2/c1-17-3-5-19(15,16)13-6-11(8-14)12(7-13)10-2-4-18-9-10/h2,4,9,11-12,14H,3,5-8H2,1H3/t11-,12+/m1/s1. The summed E-state index contributed by atoms with van der Waals surface area (Å²) < 4.78 is 30.6. The Labute approximate surface area is 117 Å². The Balaban J connectivity index is 2.11. The van der Waals surface area contributed by atoms with Crippen molar-refractivity contribution >= 4 is 21.4 Å². The zero-order chi connectivity index (χ0) is 13.9. The minimum absolute atomic E-state index is 0.00198. The summed E-state index contributed by atoms with van der Waals surface area (Å²) in [7, 11) is -1.80. The quantitative estimate of drug-likeness (QED) is 0.841. The zero-order valence-corrected chi connectivity index (χ0v) is 12.5. The molecule has 1 aromatic rings. The summed E-state index contributed by atoms with van der Waals surface area (Å²) in [6, 6.07) is 2.00. The van der Waals surface area contributed by atoms with Crippen LogP contribution in [0.1, 0.15) is 11.5 Å². The molecule has 108 valence electrons. The number of hydrogen-bond acceptors (Lipinski definition) is 5. The monoisotopic (exact) mass is 305 g/mol. The van der Waals surface area contributed by atoms with Crippen LogP contribution in [-0.2, 0) is 14.8 Å². The van der Waals surface area contributed by atoms with Gasteiger partial charge < -0.3 is 9.84 Å². The van der Waals surface area contributed by atoms with Gasteiger partial charge in [0.2, 0.25) is 10.0 Å². The maximum Gasteiger partial charge on any atom is 0.216 e. The summed E-state index contributed by atoms with van der Waals surface area (Å²) in [5, 5.41) is 13.5.